The molecule has 0 aliphatic carbocycles. The second-order valence-electron chi connectivity index (χ2n) is 9.54. The highest BCUT2D eigenvalue weighted by Crippen LogP contribution is 2.29. The van der Waals surface area contributed by atoms with Crippen molar-refractivity contribution in [3.05, 3.63) is 114 Å². The van der Waals surface area contributed by atoms with Crippen molar-refractivity contribution in [1.29, 1.82) is 0 Å². The maximum atomic E-state index is 14.1. The summed E-state index contributed by atoms with van der Waals surface area (Å²) >= 11 is 0. The number of carbonyl (C=O) groups excluding carboxylic acids is 2. The number of hydrogen-bond acceptors (Lipinski definition) is 4. The molecule has 4 aromatic carbocycles. The van der Waals surface area contributed by atoms with Gasteiger partial charge in [-0.05, 0) is 35.1 Å². The Morgan fingerprint density at radius 1 is 0.846 bits per heavy atom. The zero-order chi connectivity index (χ0) is 28.0. The summed E-state index contributed by atoms with van der Waals surface area (Å²) in [7, 11) is -2.31. The van der Waals surface area contributed by atoms with Crippen LogP contribution in [0.1, 0.15) is 16.7 Å². The van der Waals surface area contributed by atoms with Crippen molar-refractivity contribution in [1.82, 2.24) is 10.2 Å². The Labute approximate surface area is 230 Å². The van der Waals surface area contributed by atoms with Gasteiger partial charge in [-0.1, -0.05) is 91.0 Å². The molecule has 4 aromatic rings. The molecule has 0 aliphatic rings. The number of nitrogens with one attached hydrogen (secondary N) is 1. The van der Waals surface area contributed by atoms with Crippen LogP contribution in [0.5, 0.6) is 0 Å². The normalized spacial score (nSPS) is 12.1. The van der Waals surface area contributed by atoms with Crippen LogP contribution in [0, 0.1) is 6.92 Å². The molecule has 0 bridgehead atoms. The lowest BCUT2D eigenvalue weighted by Gasteiger charge is -2.33. The summed E-state index contributed by atoms with van der Waals surface area (Å²) in [5.74, 6) is -0.794. The van der Waals surface area contributed by atoms with Gasteiger partial charge in [0.15, 0.2) is 0 Å². The Balaban J connectivity index is 1.77. The highest BCUT2D eigenvalue weighted by atomic mass is 32.2. The molecule has 0 fully saturated rings. The number of rotatable bonds is 10. The van der Waals surface area contributed by atoms with E-state index < -0.39 is 28.5 Å². The number of aryl methyl sites for hydroxylation is 1. The third kappa shape index (κ3) is 6.64. The minimum absolute atomic E-state index is 0.156. The Morgan fingerprint density at radius 3 is 2.18 bits per heavy atom. The lowest BCUT2D eigenvalue weighted by Crippen LogP contribution is -2.53. The number of anilines is 1. The number of fused-ring (bicyclic) bond motifs is 1. The Bertz CT molecular complexity index is 1570. The van der Waals surface area contributed by atoms with Gasteiger partial charge < -0.3 is 10.2 Å². The second-order valence-corrected chi connectivity index (χ2v) is 11.4. The van der Waals surface area contributed by atoms with E-state index in [-0.39, 0.29) is 18.9 Å². The minimum Gasteiger partial charge on any atom is -0.357 e. The molecule has 4 rings (SSSR count). The molecule has 202 valence electrons. The molecule has 8 heteroatoms. The van der Waals surface area contributed by atoms with Gasteiger partial charge in [-0.2, -0.15) is 0 Å². The SMILES string of the molecule is CNC(=O)[C@@H](Cc1ccccc1)N(Cc1ccccc1C)C(=O)CN(c1cccc2ccccc12)S(C)(=O)=O. The summed E-state index contributed by atoms with van der Waals surface area (Å²) in [6, 6.07) is 29.1. The minimum atomic E-state index is -3.84. The molecule has 0 unspecified atom stereocenters. The van der Waals surface area contributed by atoms with Gasteiger partial charge in [0.2, 0.25) is 21.8 Å². The second kappa shape index (κ2) is 12.1. The molecule has 2 amide bonds. The van der Waals surface area contributed by atoms with Crippen LogP contribution in [-0.2, 0) is 32.6 Å². The highest BCUT2D eigenvalue weighted by molar-refractivity contribution is 7.92. The van der Waals surface area contributed by atoms with Crippen LogP contribution in [0.4, 0.5) is 5.69 Å². The lowest BCUT2D eigenvalue weighted by molar-refractivity contribution is -0.139. The van der Waals surface area contributed by atoms with Gasteiger partial charge in [0.25, 0.3) is 0 Å². The summed E-state index contributed by atoms with van der Waals surface area (Å²) in [5, 5.41) is 4.28. The van der Waals surface area contributed by atoms with E-state index in [0.29, 0.717) is 5.69 Å². The van der Waals surface area contributed by atoms with Crippen LogP contribution in [0.25, 0.3) is 10.8 Å². The van der Waals surface area contributed by atoms with Crippen LogP contribution < -0.4 is 9.62 Å². The van der Waals surface area contributed by atoms with Crippen LogP contribution >= 0.6 is 0 Å². The van der Waals surface area contributed by atoms with Gasteiger partial charge in [0, 0.05) is 25.4 Å². The van der Waals surface area contributed by atoms with Crippen LogP contribution in [0.15, 0.2) is 97.1 Å². The van der Waals surface area contributed by atoms with Gasteiger partial charge in [0.1, 0.15) is 12.6 Å². The van der Waals surface area contributed by atoms with Crippen molar-refractivity contribution < 1.29 is 18.0 Å². The zero-order valence-corrected chi connectivity index (χ0v) is 23.2. The highest BCUT2D eigenvalue weighted by Gasteiger charge is 2.33. The number of sulfonamides is 1. The Morgan fingerprint density at radius 2 is 1.49 bits per heavy atom. The molecule has 1 atom stereocenters. The number of nitrogens with zero attached hydrogens (tertiary/aromatic N) is 2. The number of benzene rings is 4. The van der Waals surface area contributed by atoms with Gasteiger partial charge in [-0.15, -0.1) is 0 Å². The number of hydrogen-bond donors (Lipinski definition) is 1. The fourth-order valence-corrected chi connectivity index (χ4v) is 5.57. The maximum Gasteiger partial charge on any atom is 0.244 e. The van der Waals surface area contributed by atoms with Crippen LogP contribution in [-0.4, -0.2) is 51.0 Å². The van der Waals surface area contributed by atoms with Gasteiger partial charge in [0.05, 0.1) is 11.9 Å². The van der Waals surface area contributed by atoms with Crippen molar-refractivity contribution >= 4 is 38.3 Å². The van der Waals surface area contributed by atoms with E-state index in [2.05, 4.69) is 5.32 Å². The first kappa shape index (κ1) is 27.9. The van der Waals surface area contributed by atoms with E-state index in [1.165, 1.54) is 11.9 Å². The molecule has 7 nitrogen and oxygen atoms in total. The fraction of sp³-hybridized carbons (Fsp3) is 0.226. The van der Waals surface area contributed by atoms with E-state index in [0.717, 1.165) is 38.0 Å². The first-order valence-corrected chi connectivity index (χ1v) is 14.6. The number of likely N-dealkylation sites (N-methyl/N-ethyl adjacent to an activating group) is 1. The van der Waals surface area contributed by atoms with Crippen LogP contribution in [0.3, 0.4) is 0 Å². The summed E-state index contributed by atoms with van der Waals surface area (Å²) < 4.78 is 27.3. The molecular formula is C31H33N3O4S. The third-order valence-corrected chi connectivity index (χ3v) is 7.96. The molecular weight excluding hydrogens is 510 g/mol. The summed E-state index contributed by atoms with van der Waals surface area (Å²) in [6.07, 6.45) is 1.37. The van der Waals surface area contributed by atoms with E-state index in [4.69, 9.17) is 0 Å². The Kier molecular flexibility index (Phi) is 8.66. The van der Waals surface area contributed by atoms with Gasteiger partial charge in [-0.3, -0.25) is 13.9 Å². The van der Waals surface area contributed by atoms with E-state index >= 15 is 0 Å². The first-order valence-electron chi connectivity index (χ1n) is 12.7. The average molecular weight is 544 g/mol. The molecule has 0 heterocycles. The zero-order valence-electron chi connectivity index (χ0n) is 22.4. The number of carbonyl (C=O) groups is 2. The summed E-state index contributed by atoms with van der Waals surface area (Å²) in [6.45, 7) is 1.66. The molecule has 1 N–H and O–H groups in total. The summed E-state index contributed by atoms with van der Waals surface area (Å²) in [4.78, 5) is 28.8. The van der Waals surface area contributed by atoms with E-state index in [1.54, 1.807) is 12.1 Å². The maximum absolute atomic E-state index is 14.1. The molecule has 0 radical (unpaired) electrons. The molecule has 0 saturated carbocycles. The molecule has 0 spiro atoms. The van der Waals surface area contributed by atoms with Crippen molar-refractivity contribution in [2.45, 2.75) is 25.9 Å². The lowest BCUT2D eigenvalue weighted by atomic mass is 10.0. The quantitative estimate of drug-likeness (QED) is 0.323. The van der Waals surface area contributed by atoms with Crippen LogP contribution in [0.2, 0.25) is 0 Å². The molecule has 0 saturated heterocycles. The van der Waals surface area contributed by atoms with Crippen molar-refractivity contribution in [2.24, 2.45) is 0 Å². The standard InChI is InChI=1S/C31H33N3O4S/c1-23-12-7-8-16-26(23)21-33(29(31(36)32-2)20-24-13-5-4-6-14-24)30(35)22-34(39(3,37)38)28-19-11-17-25-15-9-10-18-27(25)28/h4-19,29H,20-22H2,1-3H3,(H,32,36)/t29-/m1/s1. The first-order chi connectivity index (χ1) is 18.7. The number of amides is 2. The summed E-state index contributed by atoms with van der Waals surface area (Å²) in [5.41, 5.74) is 3.16. The topological polar surface area (TPSA) is 86.8 Å². The predicted octanol–water partition coefficient (Wildman–Crippen LogP) is 4.30. The smallest absolute Gasteiger partial charge is 0.244 e. The molecule has 39 heavy (non-hydrogen) atoms. The molecule has 0 aliphatic heterocycles. The van der Waals surface area contributed by atoms with Crippen molar-refractivity contribution in [3.8, 4) is 0 Å². The fourth-order valence-electron chi connectivity index (χ4n) is 4.71. The van der Waals surface area contributed by atoms with Crippen molar-refractivity contribution in [3.63, 3.8) is 0 Å². The average Bonchev–Trinajstić information content (AvgIpc) is 2.93. The van der Waals surface area contributed by atoms with Crippen molar-refractivity contribution in [2.75, 3.05) is 24.2 Å². The van der Waals surface area contributed by atoms with Gasteiger partial charge in [-0.25, -0.2) is 8.42 Å². The predicted molar refractivity (Wildman–Crippen MR) is 156 cm³/mol. The largest absolute Gasteiger partial charge is 0.357 e. The van der Waals surface area contributed by atoms with E-state index in [1.807, 2.05) is 91.9 Å². The monoisotopic (exact) mass is 543 g/mol. The molecule has 0 aromatic heterocycles. The van der Waals surface area contributed by atoms with Gasteiger partial charge >= 0.3 is 0 Å². The Hall–Kier alpha value is -4.17. The van der Waals surface area contributed by atoms with E-state index in [9.17, 15) is 18.0 Å². The third-order valence-electron chi connectivity index (χ3n) is 6.83.